The number of non-ortho nitro benzene ring substituents is 1. The molecule has 0 heterocycles. The van der Waals surface area contributed by atoms with Gasteiger partial charge in [-0.25, -0.2) is 5.14 Å². The summed E-state index contributed by atoms with van der Waals surface area (Å²) in [7, 11) is -0.0543. The summed E-state index contributed by atoms with van der Waals surface area (Å²) in [6.07, 6.45) is 0. The molecule has 3 N–H and O–H groups in total. The second kappa shape index (κ2) is 12.3. The topological polar surface area (TPSA) is 155 Å². The van der Waals surface area contributed by atoms with E-state index in [0.717, 1.165) is 25.3 Å². The predicted octanol–water partition coefficient (Wildman–Crippen LogP) is 3.80. The van der Waals surface area contributed by atoms with Crippen LogP contribution in [0.25, 0.3) is 0 Å². The van der Waals surface area contributed by atoms with E-state index in [1.165, 1.54) is 18.2 Å². The van der Waals surface area contributed by atoms with Gasteiger partial charge in [0.25, 0.3) is 5.69 Å². The molecule has 0 atom stereocenters. The van der Waals surface area contributed by atoms with E-state index in [9.17, 15) is 10.1 Å². The predicted molar refractivity (Wildman–Crippen MR) is 121 cm³/mol. The van der Waals surface area contributed by atoms with Crippen LogP contribution in [-0.2, 0) is 10.3 Å². The summed E-state index contributed by atoms with van der Waals surface area (Å²) in [5, 5.41) is 23.0. The number of nitrogens with zero attached hydrogens (tertiary/aromatic N) is 5. The Kier molecular flexibility index (Phi) is 10.4. The average Bonchev–Trinajstić information content (AvgIpc) is 2.66. The zero-order valence-electron chi connectivity index (χ0n) is 17.3. The number of benzene rings is 2. The molecule has 2 rings (SSSR count). The van der Waals surface area contributed by atoms with Gasteiger partial charge in [-0.3, -0.25) is 14.7 Å². The van der Waals surface area contributed by atoms with E-state index in [0.29, 0.717) is 11.4 Å². The number of halogens is 1. The minimum Gasteiger partial charge on any atom is -0.371 e. The Morgan fingerprint density at radius 1 is 1.13 bits per heavy atom. The maximum atomic E-state index is 10.7. The lowest BCUT2D eigenvalue weighted by Crippen LogP contribution is -2.31. The van der Waals surface area contributed by atoms with E-state index in [1.54, 1.807) is 0 Å². The summed E-state index contributed by atoms with van der Waals surface area (Å²) in [6, 6.07) is 11.9. The number of azo groups is 1. The van der Waals surface area contributed by atoms with Gasteiger partial charge >= 0.3 is 10.3 Å². The van der Waals surface area contributed by atoms with Crippen LogP contribution in [0.4, 0.5) is 22.7 Å². The van der Waals surface area contributed by atoms with Crippen molar-refractivity contribution in [3.05, 3.63) is 57.6 Å². The second-order valence-electron chi connectivity index (χ2n) is 6.51. The zero-order valence-corrected chi connectivity index (χ0v) is 18.9. The van der Waals surface area contributed by atoms with Crippen LogP contribution in [0.5, 0.6) is 0 Å². The molecule has 0 saturated carbocycles. The SMILES string of the molecule is CCN(CCN(C)C)c1ccc(N=Nc2ccc([N+](=O)[O-])cc2Cl)cc1.NS(=O)(=O)O. The Bertz CT molecular complexity index is 991. The Morgan fingerprint density at radius 3 is 2.16 bits per heavy atom. The summed E-state index contributed by atoms with van der Waals surface area (Å²) in [4.78, 5) is 14.7. The largest absolute Gasteiger partial charge is 0.371 e. The van der Waals surface area contributed by atoms with Crippen LogP contribution in [0.15, 0.2) is 52.7 Å². The number of hydrogen-bond donors (Lipinski definition) is 2. The minimum absolute atomic E-state index is 0.0734. The molecule has 13 heteroatoms. The van der Waals surface area contributed by atoms with E-state index >= 15 is 0 Å². The third-order valence-electron chi connectivity index (χ3n) is 3.83. The molecule has 0 bridgehead atoms. The first-order valence-electron chi connectivity index (χ1n) is 9.01. The summed E-state index contributed by atoms with van der Waals surface area (Å²) in [5.41, 5.74) is 2.13. The summed E-state index contributed by atoms with van der Waals surface area (Å²) < 4.78 is 25.2. The summed E-state index contributed by atoms with van der Waals surface area (Å²) in [5.74, 6) is 0. The Labute approximate surface area is 186 Å². The van der Waals surface area contributed by atoms with Crippen molar-refractivity contribution in [3.8, 4) is 0 Å². The number of hydrogen-bond acceptors (Lipinski definition) is 8. The van der Waals surface area contributed by atoms with Gasteiger partial charge in [0.15, 0.2) is 0 Å². The van der Waals surface area contributed by atoms with Crippen molar-refractivity contribution in [3.63, 3.8) is 0 Å². The number of anilines is 1. The number of rotatable bonds is 8. The van der Waals surface area contributed by atoms with Gasteiger partial charge in [0.05, 0.1) is 15.6 Å². The number of nitrogens with two attached hydrogens (primary N) is 1. The van der Waals surface area contributed by atoms with E-state index in [-0.39, 0.29) is 10.7 Å². The third kappa shape index (κ3) is 10.8. The molecule has 0 aliphatic heterocycles. The van der Waals surface area contributed by atoms with Gasteiger partial charge in [0, 0.05) is 37.5 Å². The number of nitro groups is 1. The monoisotopic (exact) mass is 472 g/mol. The van der Waals surface area contributed by atoms with Crippen molar-refractivity contribution in [2.24, 2.45) is 15.4 Å². The molecule has 0 aromatic heterocycles. The van der Waals surface area contributed by atoms with Gasteiger partial charge in [-0.2, -0.15) is 13.5 Å². The Balaban J connectivity index is 0.000000861. The molecule has 2 aromatic carbocycles. The number of likely N-dealkylation sites (N-methyl/N-ethyl adjacent to an activating group) is 2. The fourth-order valence-electron chi connectivity index (χ4n) is 2.32. The van der Waals surface area contributed by atoms with Crippen molar-refractivity contribution in [1.29, 1.82) is 0 Å². The van der Waals surface area contributed by atoms with Gasteiger partial charge in [-0.15, -0.1) is 5.11 Å². The lowest BCUT2D eigenvalue weighted by Gasteiger charge is -2.24. The maximum Gasteiger partial charge on any atom is 0.330 e. The van der Waals surface area contributed by atoms with Crippen molar-refractivity contribution < 1.29 is 17.9 Å². The molecule has 170 valence electrons. The third-order valence-corrected chi connectivity index (χ3v) is 4.13. The maximum absolute atomic E-state index is 10.7. The van der Waals surface area contributed by atoms with Crippen LogP contribution in [0.3, 0.4) is 0 Å². The van der Waals surface area contributed by atoms with Crippen molar-refractivity contribution in [1.82, 2.24) is 4.90 Å². The van der Waals surface area contributed by atoms with Gasteiger partial charge in [0.2, 0.25) is 0 Å². The van der Waals surface area contributed by atoms with Crippen LogP contribution in [-0.4, -0.2) is 56.5 Å². The van der Waals surface area contributed by atoms with Gasteiger partial charge in [-0.05, 0) is 51.4 Å². The van der Waals surface area contributed by atoms with E-state index in [1.807, 2.05) is 24.3 Å². The highest BCUT2D eigenvalue weighted by Gasteiger charge is 2.09. The standard InChI is InChI=1S/C18H22ClN5O2.H3NO3S/c1-4-23(12-11-22(2)3)15-7-5-14(6-8-15)20-21-18-10-9-16(24(25)26)13-17(18)19;1-5(2,3)4/h5-10,13H,4,11-12H2,1-3H3;(H3,1,2,3,4). The molecule has 2 aromatic rings. The zero-order chi connectivity index (χ0) is 23.6. The number of nitro benzene ring substituents is 1. The molecule has 0 aliphatic carbocycles. The molecule has 0 amide bonds. The Hall–Kier alpha value is -2.64. The van der Waals surface area contributed by atoms with E-state index in [2.05, 4.69) is 46.2 Å². The van der Waals surface area contributed by atoms with Crippen molar-refractivity contribution in [2.45, 2.75) is 6.92 Å². The molecule has 0 unspecified atom stereocenters. The van der Waals surface area contributed by atoms with E-state index in [4.69, 9.17) is 24.6 Å². The van der Waals surface area contributed by atoms with Gasteiger partial charge in [-0.1, -0.05) is 11.6 Å². The van der Waals surface area contributed by atoms with Crippen molar-refractivity contribution in [2.75, 3.05) is 38.6 Å². The summed E-state index contributed by atoms with van der Waals surface area (Å²) in [6.45, 7) is 4.98. The average molecular weight is 473 g/mol. The first-order chi connectivity index (χ1) is 14.4. The Morgan fingerprint density at radius 2 is 1.71 bits per heavy atom. The molecule has 0 saturated heterocycles. The fraction of sp³-hybridized carbons (Fsp3) is 0.333. The first kappa shape index (κ1) is 26.4. The van der Waals surface area contributed by atoms with Crippen LogP contribution in [0.1, 0.15) is 6.92 Å². The van der Waals surface area contributed by atoms with Crippen LogP contribution < -0.4 is 10.0 Å². The van der Waals surface area contributed by atoms with E-state index < -0.39 is 15.2 Å². The molecule has 11 nitrogen and oxygen atoms in total. The highest BCUT2D eigenvalue weighted by molar-refractivity contribution is 7.83. The molecule has 31 heavy (non-hydrogen) atoms. The lowest BCUT2D eigenvalue weighted by molar-refractivity contribution is -0.384. The van der Waals surface area contributed by atoms with Gasteiger partial charge < -0.3 is 9.80 Å². The van der Waals surface area contributed by atoms with Gasteiger partial charge in [0.1, 0.15) is 5.69 Å². The highest BCUT2D eigenvalue weighted by atomic mass is 35.5. The van der Waals surface area contributed by atoms with Crippen LogP contribution >= 0.6 is 11.6 Å². The second-order valence-corrected chi connectivity index (χ2v) is 7.94. The molecule has 0 spiro atoms. The van der Waals surface area contributed by atoms with Crippen LogP contribution in [0, 0.1) is 10.1 Å². The van der Waals surface area contributed by atoms with Crippen LogP contribution in [0.2, 0.25) is 5.02 Å². The minimum atomic E-state index is -4.17. The van der Waals surface area contributed by atoms with Crippen molar-refractivity contribution >= 4 is 44.7 Å². The smallest absolute Gasteiger partial charge is 0.330 e. The fourth-order valence-corrected chi connectivity index (χ4v) is 2.54. The lowest BCUT2D eigenvalue weighted by atomic mass is 10.2. The molecule has 0 radical (unpaired) electrons. The highest BCUT2D eigenvalue weighted by Crippen LogP contribution is 2.30. The molecule has 0 aliphatic rings. The molecular weight excluding hydrogens is 448 g/mol. The molecule has 0 fully saturated rings. The normalized spacial score (nSPS) is 11.3. The molecular formula is C18H25ClN6O5S. The quantitative estimate of drug-likeness (QED) is 0.256. The summed E-state index contributed by atoms with van der Waals surface area (Å²) >= 11 is 6.02. The first-order valence-corrected chi connectivity index (χ1v) is 10.9.